The molecule has 0 saturated carbocycles. The Labute approximate surface area is 158 Å². The first-order valence-corrected chi connectivity index (χ1v) is 8.97. The number of carbonyl (C=O) groups is 2. The van der Waals surface area contributed by atoms with Crippen molar-refractivity contribution in [2.45, 2.75) is 32.5 Å². The standard InChI is InChI=1S/C20H24FN3O3/c1-14(2)24(20(26)27-3)13-18(25)23-12-11-22-10-4-5-17(22)19(23)15-6-8-16(21)9-7-15/h4-10,14,19H,11-13H2,1-3H3/t19-/m1/s1. The maximum atomic E-state index is 13.4. The third-order valence-corrected chi connectivity index (χ3v) is 4.88. The van der Waals surface area contributed by atoms with Gasteiger partial charge in [-0.3, -0.25) is 9.69 Å². The van der Waals surface area contributed by atoms with Crippen LogP contribution in [0.2, 0.25) is 0 Å². The van der Waals surface area contributed by atoms with Crippen LogP contribution in [0.3, 0.4) is 0 Å². The molecule has 6 nitrogen and oxygen atoms in total. The first-order chi connectivity index (χ1) is 12.9. The van der Waals surface area contributed by atoms with E-state index in [-0.39, 0.29) is 30.4 Å². The third-order valence-electron chi connectivity index (χ3n) is 4.88. The van der Waals surface area contributed by atoms with Crippen LogP contribution in [-0.2, 0) is 16.1 Å². The van der Waals surface area contributed by atoms with Gasteiger partial charge in [-0.05, 0) is 43.7 Å². The van der Waals surface area contributed by atoms with Gasteiger partial charge in [-0.1, -0.05) is 12.1 Å². The lowest BCUT2D eigenvalue weighted by Gasteiger charge is -2.38. The second-order valence-corrected chi connectivity index (χ2v) is 6.86. The first kappa shape index (κ1) is 18.9. The van der Waals surface area contributed by atoms with Gasteiger partial charge in [0, 0.05) is 31.0 Å². The molecule has 2 aromatic rings. The number of nitrogens with zero attached hydrogens (tertiary/aromatic N) is 3. The van der Waals surface area contributed by atoms with Gasteiger partial charge in [-0.15, -0.1) is 0 Å². The maximum Gasteiger partial charge on any atom is 0.410 e. The molecular weight excluding hydrogens is 349 g/mol. The van der Waals surface area contributed by atoms with Crippen LogP contribution in [0.4, 0.5) is 9.18 Å². The Hall–Kier alpha value is -2.83. The zero-order valence-corrected chi connectivity index (χ0v) is 15.8. The number of methoxy groups -OCH3 is 1. The molecule has 0 fully saturated rings. The highest BCUT2D eigenvalue weighted by molar-refractivity contribution is 5.83. The van der Waals surface area contributed by atoms with Crippen molar-refractivity contribution in [3.63, 3.8) is 0 Å². The minimum Gasteiger partial charge on any atom is -0.453 e. The van der Waals surface area contributed by atoms with Gasteiger partial charge >= 0.3 is 6.09 Å². The van der Waals surface area contributed by atoms with Gasteiger partial charge in [0.2, 0.25) is 5.91 Å². The molecule has 0 aliphatic carbocycles. The van der Waals surface area contributed by atoms with Crippen molar-refractivity contribution in [2.24, 2.45) is 0 Å². The Balaban J connectivity index is 1.91. The van der Waals surface area contributed by atoms with E-state index in [4.69, 9.17) is 4.74 Å². The summed E-state index contributed by atoms with van der Waals surface area (Å²) in [5.74, 6) is -0.490. The number of ether oxygens (including phenoxy) is 1. The fraction of sp³-hybridized carbons (Fsp3) is 0.400. The lowest BCUT2D eigenvalue weighted by atomic mass is 9.99. The van der Waals surface area contributed by atoms with Gasteiger partial charge in [0.25, 0.3) is 0 Å². The Kier molecular flexibility index (Phi) is 5.48. The van der Waals surface area contributed by atoms with E-state index in [9.17, 15) is 14.0 Å². The number of halogens is 1. The summed E-state index contributed by atoms with van der Waals surface area (Å²) < 4.78 is 20.3. The predicted octanol–water partition coefficient (Wildman–Crippen LogP) is 3.04. The minimum atomic E-state index is -0.530. The van der Waals surface area contributed by atoms with Crippen molar-refractivity contribution in [2.75, 3.05) is 20.2 Å². The van der Waals surface area contributed by atoms with Crippen LogP contribution in [0.25, 0.3) is 0 Å². The molecule has 1 aromatic carbocycles. The highest BCUT2D eigenvalue weighted by Crippen LogP contribution is 2.32. The van der Waals surface area contributed by atoms with Crippen LogP contribution in [0, 0.1) is 5.82 Å². The topological polar surface area (TPSA) is 54.8 Å². The van der Waals surface area contributed by atoms with E-state index in [1.165, 1.54) is 24.1 Å². The van der Waals surface area contributed by atoms with Gasteiger partial charge in [-0.25, -0.2) is 9.18 Å². The molecule has 2 heterocycles. The second-order valence-electron chi connectivity index (χ2n) is 6.86. The molecular formula is C20H24FN3O3. The zero-order valence-electron chi connectivity index (χ0n) is 15.8. The number of hydrogen-bond acceptors (Lipinski definition) is 3. The molecule has 0 saturated heterocycles. The molecule has 1 aliphatic rings. The average molecular weight is 373 g/mol. The van der Waals surface area contributed by atoms with Crippen molar-refractivity contribution in [1.82, 2.24) is 14.4 Å². The van der Waals surface area contributed by atoms with E-state index < -0.39 is 6.09 Å². The molecule has 144 valence electrons. The van der Waals surface area contributed by atoms with Crippen LogP contribution in [-0.4, -0.2) is 52.6 Å². The van der Waals surface area contributed by atoms with Crippen molar-refractivity contribution < 1.29 is 18.7 Å². The quantitative estimate of drug-likeness (QED) is 0.828. The Morgan fingerprint density at radius 3 is 2.56 bits per heavy atom. The maximum absolute atomic E-state index is 13.4. The summed E-state index contributed by atoms with van der Waals surface area (Å²) in [6.07, 6.45) is 1.44. The molecule has 3 rings (SSSR count). The molecule has 1 aromatic heterocycles. The SMILES string of the molecule is COC(=O)N(CC(=O)N1CCn2cccc2[C@H]1c1ccc(F)cc1)C(C)C. The number of fused-ring (bicyclic) bond motifs is 1. The van der Waals surface area contributed by atoms with Crippen molar-refractivity contribution in [3.8, 4) is 0 Å². The number of carbonyl (C=O) groups excluding carboxylic acids is 2. The summed E-state index contributed by atoms with van der Waals surface area (Å²) in [4.78, 5) is 28.3. The largest absolute Gasteiger partial charge is 0.453 e. The van der Waals surface area contributed by atoms with Gasteiger partial charge in [0.1, 0.15) is 12.4 Å². The number of aromatic nitrogens is 1. The Bertz CT molecular complexity index is 816. The van der Waals surface area contributed by atoms with E-state index in [1.54, 1.807) is 17.0 Å². The minimum absolute atomic E-state index is 0.0667. The highest BCUT2D eigenvalue weighted by Gasteiger charge is 2.34. The van der Waals surface area contributed by atoms with E-state index >= 15 is 0 Å². The fourth-order valence-corrected chi connectivity index (χ4v) is 3.46. The number of amides is 2. The number of rotatable bonds is 4. The Morgan fingerprint density at radius 1 is 1.22 bits per heavy atom. The fourth-order valence-electron chi connectivity index (χ4n) is 3.46. The Morgan fingerprint density at radius 2 is 1.93 bits per heavy atom. The van der Waals surface area contributed by atoms with Crippen molar-refractivity contribution >= 4 is 12.0 Å². The van der Waals surface area contributed by atoms with Gasteiger partial charge < -0.3 is 14.2 Å². The molecule has 0 radical (unpaired) electrons. The number of benzene rings is 1. The lowest BCUT2D eigenvalue weighted by Crippen LogP contribution is -2.49. The van der Waals surface area contributed by atoms with Gasteiger partial charge in [0.05, 0.1) is 13.2 Å². The molecule has 0 unspecified atom stereocenters. The van der Waals surface area contributed by atoms with E-state index in [0.717, 1.165) is 11.3 Å². The molecule has 0 spiro atoms. The highest BCUT2D eigenvalue weighted by atomic mass is 19.1. The third kappa shape index (κ3) is 3.82. The first-order valence-electron chi connectivity index (χ1n) is 8.97. The molecule has 1 aliphatic heterocycles. The molecule has 1 atom stereocenters. The summed E-state index contributed by atoms with van der Waals surface area (Å²) in [7, 11) is 1.30. The monoisotopic (exact) mass is 373 g/mol. The van der Waals surface area contributed by atoms with Crippen molar-refractivity contribution in [1.29, 1.82) is 0 Å². The van der Waals surface area contributed by atoms with Crippen LogP contribution in [0.5, 0.6) is 0 Å². The van der Waals surface area contributed by atoms with E-state index in [2.05, 4.69) is 4.57 Å². The molecule has 7 heteroatoms. The smallest absolute Gasteiger partial charge is 0.410 e. The zero-order chi connectivity index (χ0) is 19.6. The second kappa shape index (κ2) is 7.82. The summed E-state index contributed by atoms with van der Waals surface area (Å²) in [5.41, 5.74) is 1.80. The normalized spacial score (nSPS) is 16.2. The van der Waals surface area contributed by atoms with Crippen LogP contribution in [0.1, 0.15) is 31.1 Å². The summed E-state index contributed by atoms with van der Waals surface area (Å²) in [5, 5.41) is 0. The van der Waals surface area contributed by atoms with Gasteiger partial charge in [0.15, 0.2) is 0 Å². The van der Waals surface area contributed by atoms with Crippen LogP contribution >= 0.6 is 0 Å². The van der Waals surface area contributed by atoms with E-state index in [0.29, 0.717) is 13.1 Å². The summed E-state index contributed by atoms with van der Waals surface area (Å²) >= 11 is 0. The van der Waals surface area contributed by atoms with Crippen LogP contribution in [0.15, 0.2) is 42.6 Å². The summed E-state index contributed by atoms with van der Waals surface area (Å²) in [6.45, 7) is 4.79. The summed E-state index contributed by atoms with van der Waals surface area (Å²) in [6, 6.07) is 9.60. The predicted molar refractivity (Wildman–Crippen MR) is 98.6 cm³/mol. The molecule has 27 heavy (non-hydrogen) atoms. The van der Waals surface area contributed by atoms with E-state index in [1.807, 2.05) is 32.2 Å². The molecule has 0 N–H and O–H groups in total. The van der Waals surface area contributed by atoms with Crippen LogP contribution < -0.4 is 0 Å². The van der Waals surface area contributed by atoms with Gasteiger partial charge in [-0.2, -0.15) is 0 Å². The average Bonchev–Trinajstić information content (AvgIpc) is 3.13. The molecule has 2 amide bonds. The lowest BCUT2D eigenvalue weighted by molar-refractivity contribution is -0.135. The molecule has 0 bridgehead atoms. The number of hydrogen-bond donors (Lipinski definition) is 0. The van der Waals surface area contributed by atoms with Crippen molar-refractivity contribution in [3.05, 3.63) is 59.7 Å².